The molecule has 6 heteroatoms. The molecular formula is C16H16N2O3S. The Hall–Kier alpha value is -2.05. The maximum Gasteiger partial charge on any atom is 0.269 e. The minimum absolute atomic E-state index is 0.0792. The fourth-order valence-corrected chi connectivity index (χ4v) is 3.80. The van der Waals surface area contributed by atoms with Gasteiger partial charge in [-0.2, -0.15) is 0 Å². The summed E-state index contributed by atoms with van der Waals surface area (Å²) in [6.45, 7) is 1.77. The molecule has 0 radical (unpaired) electrons. The zero-order valence-corrected chi connectivity index (χ0v) is 12.8. The Morgan fingerprint density at radius 2 is 1.41 bits per heavy atom. The largest absolute Gasteiger partial charge is 0.269 e. The summed E-state index contributed by atoms with van der Waals surface area (Å²) in [5.74, 6) is 0. The Labute approximate surface area is 131 Å². The molecule has 1 aliphatic rings. The average Bonchev–Trinajstić information content (AvgIpc) is 3.09. The molecule has 0 amide bonds. The van der Waals surface area contributed by atoms with Crippen LogP contribution in [-0.4, -0.2) is 26.5 Å². The van der Waals surface area contributed by atoms with Crippen LogP contribution in [0.25, 0.3) is 11.1 Å². The van der Waals surface area contributed by atoms with Gasteiger partial charge in [-0.1, -0.05) is 12.1 Å². The molecule has 1 fully saturated rings. The number of rotatable bonds is 4. The zero-order chi connectivity index (χ0) is 15.5. The molecule has 1 heterocycles. The van der Waals surface area contributed by atoms with Crippen molar-refractivity contribution in [3.05, 3.63) is 58.6 Å². The predicted octanol–water partition coefficient (Wildman–Crippen LogP) is 3.38. The van der Waals surface area contributed by atoms with Gasteiger partial charge in [0, 0.05) is 25.2 Å². The molecule has 0 saturated carbocycles. The van der Waals surface area contributed by atoms with Crippen LogP contribution in [0.5, 0.6) is 0 Å². The summed E-state index contributed by atoms with van der Waals surface area (Å²) in [5.41, 5.74) is 1.94. The molecule has 0 aromatic heterocycles. The first kappa shape index (κ1) is 14.9. The summed E-state index contributed by atoms with van der Waals surface area (Å²) >= 11 is 0. The summed E-state index contributed by atoms with van der Waals surface area (Å²) in [6, 6.07) is 14.0. The monoisotopic (exact) mass is 316 g/mol. The number of non-ortho nitro benzene ring substituents is 1. The van der Waals surface area contributed by atoms with Crippen LogP contribution >= 0.6 is 0 Å². The van der Waals surface area contributed by atoms with Crippen molar-refractivity contribution in [2.45, 2.75) is 17.7 Å². The fourth-order valence-electron chi connectivity index (χ4n) is 2.54. The van der Waals surface area contributed by atoms with E-state index in [1.807, 2.05) is 28.6 Å². The lowest BCUT2D eigenvalue weighted by Gasteiger charge is -2.13. The highest BCUT2D eigenvalue weighted by Crippen LogP contribution is 2.24. The van der Waals surface area contributed by atoms with Crippen LogP contribution in [0.3, 0.4) is 0 Å². The van der Waals surface area contributed by atoms with E-state index in [-0.39, 0.29) is 5.69 Å². The Balaban J connectivity index is 1.78. The Morgan fingerprint density at radius 1 is 0.909 bits per heavy atom. The fraction of sp³-hybridized carbons (Fsp3) is 0.250. The van der Waals surface area contributed by atoms with E-state index in [4.69, 9.17) is 0 Å². The van der Waals surface area contributed by atoms with Crippen molar-refractivity contribution in [2.75, 3.05) is 13.1 Å². The molecule has 3 rings (SSSR count). The van der Waals surface area contributed by atoms with E-state index in [1.165, 1.54) is 12.1 Å². The number of hydrogen-bond donors (Lipinski definition) is 0. The molecule has 114 valence electrons. The Bertz CT molecular complexity index is 692. The summed E-state index contributed by atoms with van der Waals surface area (Å²) in [4.78, 5) is 11.0. The molecule has 0 aliphatic carbocycles. The molecule has 5 nitrogen and oxygen atoms in total. The second-order valence-electron chi connectivity index (χ2n) is 5.21. The normalized spacial score (nSPS) is 16.5. The lowest BCUT2D eigenvalue weighted by atomic mass is 10.1. The third-order valence-electron chi connectivity index (χ3n) is 3.77. The van der Waals surface area contributed by atoms with Gasteiger partial charge >= 0.3 is 0 Å². The topological polar surface area (TPSA) is 63.5 Å². The van der Waals surface area contributed by atoms with Gasteiger partial charge in [0.25, 0.3) is 5.69 Å². The SMILES string of the molecule is O=[N+]([O-])c1ccc(-c2ccc(S(=O)N3CCCC3)cc2)cc1. The zero-order valence-electron chi connectivity index (χ0n) is 12.0. The number of nitrogens with zero attached hydrogens (tertiary/aromatic N) is 2. The van der Waals surface area contributed by atoms with Crippen LogP contribution in [0.15, 0.2) is 53.4 Å². The van der Waals surface area contributed by atoms with Gasteiger partial charge in [0.2, 0.25) is 0 Å². The highest BCUT2D eigenvalue weighted by Gasteiger charge is 2.19. The molecule has 0 bridgehead atoms. The van der Waals surface area contributed by atoms with Crippen LogP contribution < -0.4 is 0 Å². The van der Waals surface area contributed by atoms with Gasteiger partial charge in [0.05, 0.1) is 9.82 Å². The van der Waals surface area contributed by atoms with Crippen LogP contribution in [0.1, 0.15) is 12.8 Å². The molecule has 22 heavy (non-hydrogen) atoms. The summed E-state index contributed by atoms with van der Waals surface area (Å²) in [5, 5.41) is 10.7. The maximum atomic E-state index is 12.4. The van der Waals surface area contributed by atoms with E-state index < -0.39 is 15.9 Å². The molecule has 0 N–H and O–H groups in total. The highest BCUT2D eigenvalue weighted by atomic mass is 32.2. The van der Waals surface area contributed by atoms with E-state index in [0.717, 1.165) is 42.0 Å². The molecule has 1 atom stereocenters. The summed E-state index contributed by atoms with van der Waals surface area (Å²) in [6.07, 6.45) is 2.21. The second kappa shape index (κ2) is 6.37. The van der Waals surface area contributed by atoms with Gasteiger partial charge < -0.3 is 0 Å². The first-order valence-electron chi connectivity index (χ1n) is 7.17. The Morgan fingerprint density at radius 3 is 1.91 bits per heavy atom. The maximum absolute atomic E-state index is 12.4. The van der Waals surface area contributed by atoms with E-state index in [9.17, 15) is 14.3 Å². The van der Waals surface area contributed by atoms with Crippen LogP contribution in [0.2, 0.25) is 0 Å². The number of hydrogen-bond acceptors (Lipinski definition) is 3. The van der Waals surface area contributed by atoms with Gasteiger partial charge in [-0.05, 0) is 48.2 Å². The minimum Gasteiger partial charge on any atom is -0.258 e. The van der Waals surface area contributed by atoms with Gasteiger partial charge in [-0.3, -0.25) is 10.1 Å². The van der Waals surface area contributed by atoms with Crippen molar-refractivity contribution in [3.63, 3.8) is 0 Å². The summed E-state index contributed by atoms with van der Waals surface area (Å²) < 4.78 is 14.4. The van der Waals surface area contributed by atoms with Gasteiger partial charge in [0.15, 0.2) is 0 Å². The van der Waals surface area contributed by atoms with Crippen LogP contribution in [-0.2, 0) is 11.0 Å². The van der Waals surface area contributed by atoms with Crippen LogP contribution in [0, 0.1) is 10.1 Å². The minimum atomic E-state index is -1.09. The summed E-state index contributed by atoms with van der Waals surface area (Å²) in [7, 11) is -1.09. The lowest BCUT2D eigenvalue weighted by molar-refractivity contribution is -0.384. The third kappa shape index (κ3) is 3.08. The Kier molecular flexibility index (Phi) is 4.31. The first-order chi connectivity index (χ1) is 10.6. The number of nitro benzene ring substituents is 1. The van der Waals surface area contributed by atoms with Gasteiger partial charge in [-0.25, -0.2) is 8.51 Å². The molecule has 1 aliphatic heterocycles. The molecule has 0 spiro atoms. The van der Waals surface area contributed by atoms with Crippen molar-refractivity contribution < 1.29 is 9.13 Å². The molecule has 2 aromatic rings. The molecular weight excluding hydrogens is 300 g/mol. The van der Waals surface area contributed by atoms with E-state index in [1.54, 1.807) is 12.1 Å². The molecule has 1 unspecified atom stereocenters. The second-order valence-corrected chi connectivity index (χ2v) is 6.70. The van der Waals surface area contributed by atoms with Crippen molar-refractivity contribution in [3.8, 4) is 11.1 Å². The van der Waals surface area contributed by atoms with Crippen molar-refractivity contribution in [1.82, 2.24) is 4.31 Å². The van der Waals surface area contributed by atoms with Crippen molar-refractivity contribution in [1.29, 1.82) is 0 Å². The quantitative estimate of drug-likeness (QED) is 0.641. The molecule has 2 aromatic carbocycles. The smallest absolute Gasteiger partial charge is 0.258 e. The third-order valence-corrected chi connectivity index (χ3v) is 5.28. The van der Waals surface area contributed by atoms with Crippen molar-refractivity contribution in [2.24, 2.45) is 0 Å². The average molecular weight is 316 g/mol. The number of benzene rings is 2. The van der Waals surface area contributed by atoms with E-state index in [0.29, 0.717) is 0 Å². The standard InChI is InChI=1S/C16H16N2O3S/c19-18(20)15-7-3-13(4-8-15)14-5-9-16(10-6-14)22(21)17-11-1-2-12-17/h3-10H,1-2,11-12H2. The molecule has 1 saturated heterocycles. The lowest BCUT2D eigenvalue weighted by Crippen LogP contribution is -2.21. The number of nitro groups is 1. The van der Waals surface area contributed by atoms with Gasteiger partial charge in [0.1, 0.15) is 11.0 Å². The van der Waals surface area contributed by atoms with Gasteiger partial charge in [-0.15, -0.1) is 0 Å². The van der Waals surface area contributed by atoms with Crippen LogP contribution in [0.4, 0.5) is 5.69 Å². The predicted molar refractivity (Wildman–Crippen MR) is 85.7 cm³/mol. The van der Waals surface area contributed by atoms with E-state index in [2.05, 4.69) is 0 Å². The van der Waals surface area contributed by atoms with Crippen molar-refractivity contribution >= 4 is 16.7 Å². The first-order valence-corrected chi connectivity index (χ1v) is 8.27. The highest BCUT2D eigenvalue weighted by molar-refractivity contribution is 7.82. The van der Waals surface area contributed by atoms with E-state index >= 15 is 0 Å².